The van der Waals surface area contributed by atoms with Crippen molar-refractivity contribution in [2.75, 3.05) is 13.1 Å². The van der Waals surface area contributed by atoms with E-state index in [4.69, 9.17) is 5.73 Å². The number of nitrogens with zero attached hydrogens (tertiary/aromatic N) is 1. The molecule has 0 bridgehead atoms. The van der Waals surface area contributed by atoms with Crippen LogP contribution in [0.4, 0.5) is 0 Å². The largest absolute Gasteiger partial charge is 0.508 e. The molecule has 0 spiro atoms. The Morgan fingerprint density at radius 1 is 1.38 bits per heavy atom. The zero-order valence-corrected chi connectivity index (χ0v) is 13.2. The van der Waals surface area contributed by atoms with Crippen molar-refractivity contribution in [3.8, 4) is 5.75 Å². The number of phenols is 1. The number of carbonyl (C=O) groups is 1. The molecule has 0 radical (unpaired) electrons. The Hall–Kier alpha value is -1.55. The van der Waals surface area contributed by atoms with Gasteiger partial charge in [0, 0.05) is 13.1 Å². The SMILES string of the molecule is CC(C)(C)C1CCN(C(=O)[C@@H](N)Cc2ccc(O)cc2)C1. The number of hydrogen-bond donors (Lipinski definition) is 2. The lowest BCUT2D eigenvalue weighted by molar-refractivity contribution is -0.131. The predicted octanol–water partition coefficient (Wildman–Crippen LogP) is 2.16. The molecule has 0 saturated carbocycles. The summed E-state index contributed by atoms with van der Waals surface area (Å²) >= 11 is 0. The van der Waals surface area contributed by atoms with Gasteiger partial charge in [-0.05, 0) is 41.9 Å². The van der Waals surface area contributed by atoms with Gasteiger partial charge in [-0.3, -0.25) is 4.79 Å². The molecule has 2 atom stereocenters. The lowest BCUT2D eigenvalue weighted by atomic mass is 9.80. The molecule has 1 fully saturated rings. The van der Waals surface area contributed by atoms with Crippen LogP contribution in [0.1, 0.15) is 32.8 Å². The van der Waals surface area contributed by atoms with Crippen LogP contribution >= 0.6 is 0 Å². The number of nitrogens with two attached hydrogens (primary N) is 1. The van der Waals surface area contributed by atoms with Crippen molar-refractivity contribution >= 4 is 5.91 Å². The summed E-state index contributed by atoms with van der Waals surface area (Å²) < 4.78 is 0. The van der Waals surface area contributed by atoms with Crippen LogP contribution in [0, 0.1) is 11.3 Å². The van der Waals surface area contributed by atoms with E-state index in [1.54, 1.807) is 12.1 Å². The summed E-state index contributed by atoms with van der Waals surface area (Å²) in [6.07, 6.45) is 1.57. The number of aromatic hydroxyl groups is 1. The third kappa shape index (κ3) is 3.97. The van der Waals surface area contributed by atoms with Gasteiger partial charge in [-0.25, -0.2) is 0 Å². The Bertz CT molecular complexity index is 491. The highest BCUT2D eigenvalue weighted by atomic mass is 16.3. The van der Waals surface area contributed by atoms with Gasteiger partial charge in [0.1, 0.15) is 5.75 Å². The minimum atomic E-state index is -0.506. The molecule has 2 rings (SSSR count). The van der Waals surface area contributed by atoms with Gasteiger partial charge in [0.15, 0.2) is 0 Å². The first-order valence-corrected chi connectivity index (χ1v) is 7.59. The number of carbonyl (C=O) groups excluding carboxylic acids is 1. The zero-order valence-electron chi connectivity index (χ0n) is 13.2. The lowest BCUT2D eigenvalue weighted by Crippen LogP contribution is -2.44. The minimum Gasteiger partial charge on any atom is -0.508 e. The van der Waals surface area contributed by atoms with Gasteiger partial charge in [-0.2, -0.15) is 0 Å². The molecule has 1 unspecified atom stereocenters. The summed E-state index contributed by atoms with van der Waals surface area (Å²) in [6, 6.07) is 6.36. The number of amides is 1. The van der Waals surface area contributed by atoms with Crippen molar-refractivity contribution in [1.29, 1.82) is 0 Å². The van der Waals surface area contributed by atoms with Crippen molar-refractivity contribution in [2.24, 2.45) is 17.1 Å². The molecule has 116 valence electrons. The molecule has 1 amide bonds. The number of phenolic OH excluding ortho intramolecular Hbond substituents is 1. The predicted molar refractivity (Wildman–Crippen MR) is 83.9 cm³/mol. The second kappa shape index (κ2) is 6.06. The molecule has 1 heterocycles. The van der Waals surface area contributed by atoms with Gasteiger partial charge < -0.3 is 15.7 Å². The van der Waals surface area contributed by atoms with E-state index in [1.807, 2.05) is 17.0 Å². The van der Waals surface area contributed by atoms with E-state index in [0.717, 1.165) is 25.1 Å². The topological polar surface area (TPSA) is 66.6 Å². The summed E-state index contributed by atoms with van der Waals surface area (Å²) in [7, 11) is 0. The summed E-state index contributed by atoms with van der Waals surface area (Å²) in [6.45, 7) is 8.29. The van der Waals surface area contributed by atoms with E-state index in [2.05, 4.69) is 20.8 Å². The van der Waals surface area contributed by atoms with E-state index >= 15 is 0 Å². The van der Waals surface area contributed by atoms with E-state index in [1.165, 1.54) is 0 Å². The van der Waals surface area contributed by atoms with Gasteiger partial charge in [-0.1, -0.05) is 32.9 Å². The Morgan fingerprint density at radius 3 is 2.52 bits per heavy atom. The van der Waals surface area contributed by atoms with E-state index < -0.39 is 6.04 Å². The maximum atomic E-state index is 12.4. The van der Waals surface area contributed by atoms with Crippen LogP contribution < -0.4 is 5.73 Å². The first-order valence-electron chi connectivity index (χ1n) is 7.59. The van der Waals surface area contributed by atoms with Crippen molar-refractivity contribution in [3.63, 3.8) is 0 Å². The Labute approximate surface area is 126 Å². The second-order valence-corrected chi connectivity index (χ2v) is 7.11. The molecule has 1 aliphatic heterocycles. The highest BCUT2D eigenvalue weighted by Crippen LogP contribution is 2.33. The maximum absolute atomic E-state index is 12.4. The average molecular weight is 290 g/mol. The molecule has 1 aliphatic rings. The minimum absolute atomic E-state index is 0.0369. The highest BCUT2D eigenvalue weighted by Gasteiger charge is 2.35. The fourth-order valence-electron chi connectivity index (χ4n) is 2.88. The maximum Gasteiger partial charge on any atom is 0.239 e. The molecular formula is C17H26N2O2. The molecule has 1 saturated heterocycles. The summed E-state index contributed by atoms with van der Waals surface area (Å²) in [5.41, 5.74) is 7.27. The van der Waals surface area contributed by atoms with Crippen LogP contribution in [0.3, 0.4) is 0 Å². The van der Waals surface area contributed by atoms with Gasteiger partial charge in [-0.15, -0.1) is 0 Å². The number of hydrogen-bond acceptors (Lipinski definition) is 3. The Balaban J connectivity index is 1.93. The van der Waals surface area contributed by atoms with Crippen molar-refractivity contribution in [2.45, 2.75) is 39.7 Å². The van der Waals surface area contributed by atoms with Gasteiger partial charge in [0.05, 0.1) is 6.04 Å². The molecule has 4 heteroatoms. The fraction of sp³-hybridized carbons (Fsp3) is 0.588. The molecule has 1 aromatic carbocycles. The van der Waals surface area contributed by atoms with Crippen LogP contribution in [0.2, 0.25) is 0 Å². The third-order valence-electron chi connectivity index (χ3n) is 4.43. The van der Waals surface area contributed by atoms with Crippen molar-refractivity contribution in [3.05, 3.63) is 29.8 Å². The molecule has 0 aliphatic carbocycles. The Morgan fingerprint density at radius 2 is 2.00 bits per heavy atom. The number of likely N-dealkylation sites (tertiary alicyclic amines) is 1. The Kier molecular flexibility index (Phi) is 4.57. The van der Waals surface area contributed by atoms with Crippen LogP contribution in [-0.4, -0.2) is 35.0 Å². The standard InChI is InChI=1S/C17H26N2O2/c1-17(2,3)13-8-9-19(11-13)16(21)15(18)10-12-4-6-14(20)7-5-12/h4-7,13,15,20H,8-11,18H2,1-3H3/t13?,15-/m0/s1. The fourth-order valence-corrected chi connectivity index (χ4v) is 2.88. The van der Waals surface area contributed by atoms with Gasteiger partial charge in [0.2, 0.25) is 5.91 Å². The molecule has 21 heavy (non-hydrogen) atoms. The summed E-state index contributed by atoms with van der Waals surface area (Å²) in [5.74, 6) is 0.809. The molecular weight excluding hydrogens is 264 g/mol. The molecule has 1 aromatic rings. The normalized spacial score (nSPS) is 20.6. The van der Waals surface area contributed by atoms with Gasteiger partial charge in [0.25, 0.3) is 0 Å². The third-order valence-corrected chi connectivity index (χ3v) is 4.43. The lowest BCUT2D eigenvalue weighted by Gasteiger charge is -2.27. The molecule has 3 N–H and O–H groups in total. The van der Waals surface area contributed by atoms with Crippen LogP contribution in [0.25, 0.3) is 0 Å². The summed E-state index contributed by atoms with van der Waals surface area (Å²) in [4.78, 5) is 14.3. The van der Waals surface area contributed by atoms with Crippen molar-refractivity contribution in [1.82, 2.24) is 4.90 Å². The van der Waals surface area contributed by atoms with Gasteiger partial charge >= 0.3 is 0 Å². The monoisotopic (exact) mass is 290 g/mol. The second-order valence-electron chi connectivity index (χ2n) is 7.11. The highest BCUT2D eigenvalue weighted by molar-refractivity contribution is 5.82. The average Bonchev–Trinajstić information content (AvgIpc) is 2.90. The van der Waals surface area contributed by atoms with Crippen LogP contribution in [-0.2, 0) is 11.2 Å². The van der Waals surface area contributed by atoms with Crippen molar-refractivity contribution < 1.29 is 9.90 Å². The summed E-state index contributed by atoms with van der Waals surface area (Å²) in [5, 5.41) is 9.27. The number of rotatable bonds is 3. The first kappa shape index (κ1) is 15.8. The van der Waals surface area contributed by atoms with Crippen LogP contribution in [0.5, 0.6) is 5.75 Å². The first-order chi connectivity index (χ1) is 9.77. The van der Waals surface area contributed by atoms with E-state index in [-0.39, 0.29) is 17.1 Å². The molecule has 0 aromatic heterocycles. The quantitative estimate of drug-likeness (QED) is 0.896. The zero-order chi connectivity index (χ0) is 15.6. The number of benzene rings is 1. The van der Waals surface area contributed by atoms with Crippen LogP contribution in [0.15, 0.2) is 24.3 Å². The van der Waals surface area contributed by atoms with E-state index in [0.29, 0.717) is 12.3 Å². The molecule has 4 nitrogen and oxygen atoms in total. The smallest absolute Gasteiger partial charge is 0.239 e. The van der Waals surface area contributed by atoms with E-state index in [9.17, 15) is 9.90 Å².